The number of carbonyl (C=O) groups excluding carboxylic acids is 3. The van der Waals surface area contributed by atoms with Crippen LogP contribution in [0, 0.1) is 6.07 Å². The molecule has 6 nitrogen and oxygen atoms in total. The van der Waals surface area contributed by atoms with Crippen LogP contribution >= 0.6 is 0 Å². The molecule has 1 aromatic rings. The molecule has 7 heteroatoms. The molecule has 1 heterocycles. The molecule has 1 aromatic carbocycles. The van der Waals surface area contributed by atoms with Gasteiger partial charge in [0.2, 0.25) is 11.8 Å². The molecule has 3 amide bonds. The standard InChI is InChI=1S/C12H11N2O3.C2H7N.C2H6.W/c15-10-7-6-9(12(17)14-10)13-11(16)8-4-2-1-3-5-8;1-3-2;1-2;/h1-4,9H,6-7H2,(H,13,16)(H,14,15,17);3H,1-2H3;1-2H3;/q-1;;;. The van der Waals surface area contributed by atoms with Gasteiger partial charge >= 0.3 is 0 Å². The zero-order chi connectivity index (χ0) is 17.0. The second-order valence-electron chi connectivity index (χ2n) is 4.25. The topological polar surface area (TPSA) is 87.3 Å². The number of amides is 3. The summed E-state index contributed by atoms with van der Waals surface area (Å²) in [5, 5.41) is 7.50. The molecule has 2 rings (SSSR count). The summed E-state index contributed by atoms with van der Waals surface area (Å²) in [5.41, 5.74) is 0.372. The van der Waals surface area contributed by atoms with E-state index in [1.807, 2.05) is 27.9 Å². The van der Waals surface area contributed by atoms with Crippen molar-refractivity contribution in [3.63, 3.8) is 0 Å². The van der Waals surface area contributed by atoms with Gasteiger partial charge in [-0.3, -0.25) is 14.9 Å². The number of piperidine rings is 1. The van der Waals surface area contributed by atoms with Crippen molar-refractivity contribution in [1.82, 2.24) is 16.0 Å². The van der Waals surface area contributed by atoms with Crippen molar-refractivity contribution >= 4 is 17.7 Å². The Morgan fingerprint density at radius 1 is 1.26 bits per heavy atom. The van der Waals surface area contributed by atoms with Gasteiger partial charge in [-0.2, -0.15) is 0 Å². The van der Waals surface area contributed by atoms with Gasteiger partial charge in [0, 0.05) is 27.5 Å². The van der Waals surface area contributed by atoms with Gasteiger partial charge in [-0.15, -0.1) is 30.3 Å². The van der Waals surface area contributed by atoms with E-state index in [4.69, 9.17) is 0 Å². The molecular weight excluding hydrogens is 466 g/mol. The zero-order valence-electron chi connectivity index (χ0n) is 13.9. The van der Waals surface area contributed by atoms with Crippen LogP contribution in [0.3, 0.4) is 0 Å². The summed E-state index contributed by atoms with van der Waals surface area (Å²) in [4.78, 5) is 34.1. The third-order valence-corrected chi connectivity index (χ3v) is 2.50. The van der Waals surface area contributed by atoms with Gasteiger partial charge in [0.15, 0.2) is 5.91 Å². The van der Waals surface area contributed by atoms with E-state index in [1.54, 1.807) is 24.3 Å². The molecule has 0 radical (unpaired) electrons. The van der Waals surface area contributed by atoms with Gasteiger partial charge in [0.05, 0.1) is 0 Å². The summed E-state index contributed by atoms with van der Waals surface area (Å²) in [6, 6.07) is 8.83. The van der Waals surface area contributed by atoms with Crippen molar-refractivity contribution in [2.24, 2.45) is 0 Å². The Morgan fingerprint density at radius 2 is 1.87 bits per heavy atom. The predicted molar refractivity (Wildman–Crippen MR) is 85.2 cm³/mol. The summed E-state index contributed by atoms with van der Waals surface area (Å²) >= 11 is 0. The van der Waals surface area contributed by atoms with E-state index in [-0.39, 0.29) is 39.3 Å². The third kappa shape index (κ3) is 9.26. The minimum absolute atomic E-state index is 0. The molecule has 1 saturated heterocycles. The van der Waals surface area contributed by atoms with Gasteiger partial charge in [-0.1, -0.05) is 19.4 Å². The molecule has 128 valence electrons. The Labute approximate surface area is 152 Å². The molecule has 1 unspecified atom stereocenters. The molecule has 3 N–H and O–H groups in total. The van der Waals surface area contributed by atoms with Crippen LogP contribution in [0.2, 0.25) is 0 Å². The van der Waals surface area contributed by atoms with E-state index in [0.717, 1.165) is 0 Å². The number of hydrogen-bond donors (Lipinski definition) is 3. The van der Waals surface area contributed by atoms with Crippen LogP contribution in [-0.2, 0) is 30.7 Å². The Kier molecular flexibility index (Phi) is 14.5. The van der Waals surface area contributed by atoms with E-state index in [9.17, 15) is 14.4 Å². The van der Waals surface area contributed by atoms with E-state index in [0.29, 0.717) is 12.0 Å². The number of nitrogens with one attached hydrogen (secondary N) is 3. The van der Waals surface area contributed by atoms with Crippen LogP contribution in [0.1, 0.15) is 37.0 Å². The summed E-state index contributed by atoms with van der Waals surface area (Å²) in [6.45, 7) is 4.00. The average Bonchev–Trinajstić information content (AvgIpc) is 2.53. The first kappa shape index (κ1) is 23.7. The van der Waals surface area contributed by atoms with E-state index < -0.39 is 11.9 Å². The molecule has 0 aromatic heterocycles. The second-order valence-corrected chi connectivity index (χ2v) is 4.25. The van der Waals surface area contributed by atoms with Gasteiger partial charge in [0.25, 0.3) is 0 Å². The third-order valence-electron chi connectivity index (χ3n) is 2.50. The molecule has 0 saturated carbocycles. The first-order valence-corrected chi connectivity index (χ1v) is 7.28. The Hall–Kier alpha value is -1.52. The monoisotopic (exact) mass is 490 g/mol. The molecular formula is C16H24N3O3W-. The Morgan fingerprint density at radius 3 is 2.35 bits per heavy atom. The van der Waals surface area contributed by atoms with Gasteiger partial charge in [-0.25, -0.2) is 0 Å². The Balaban J connectivity index is 0. The Bertz CT molecular complexity index is 481. The number of imide groups is 1. The summed E-state index contributed by atoms with van der Waals surface area (Å²) in [6.07, 6.45) is 0.582. The van der Waals surface area contributed by atoms with Crippen molar-refractivity contribution in [2.45, 2.75) is 32.7 Å². The van der Waals surface area contributed by atoms with Crippen molar-refractivity contribution in [3.05, 3.63) is 35.9 Å². The summed E-state index contributed by atoms with van der Waals surface area (Å²) in [7, 11) is 3.75. The SMILES string of the molecule is CC.CNC.O=C1CCC(NC(=O)c2[c-]cccc2)C(=O)N1.[W]. The van der Waals surface area contributed by atoms with Crippen LogP contribution in [0.15, 0.2) is 24.3 Å². The number of hydrogen-bond acceptors (Lipinski definition) is 4. The molecule has 1 fully saturated rings. The second kappa shape index (κ2) is 14.1. The normalized spacial score (nSPS) is 15.6. The molecule has 0 aliphatic carbocycles. The minimum atomic E-state index is -0.645. The summed E-state index contributed by atoms with van der Waals surface area (Å²) in [5.74, 6) is -1.11. The van der Waals surface area contributed by atoms with Crippen LogP contribution in [0.4, 0.5) is 0 Å². The molecule has 1 aliphatic rings. The van der Waals surface area contributed by atoms with E-state index in [1.165, 1.54) is 0 Å². The maximum Gasteiger partial charge on any atom is 0.248 e. The zero-order valence-corrected chi connectivity index (χ0v) is 16.9. The van der Waals surface area contributed by atoms with Crippen molar-refractivity contribution in [2.75, 3.05) is 14.1 Å². The summed E-state index contributed by atoms with van der Waals surface area (Å²) < 4.78 is 0. The smallest absolute Gasteiger partial charge is 0.248 e. The van der Waals surface area contributed by atoms with Crippen molar-refractivity contribution in [3.8, 4) is 0 Å². The largest absolute Gasteiger partial charge is 0.381 e. The van der Waals surface area contributed by atoms with Crippen LogP contribution in [-0.4, -0.2) is 37.9 Å². The number of carbonyl (C=O) groups is 3. The molecule has 1 aliphatic heterocycles. The first-order chi connectivity index (χ1) is 10.6. The molecule has 0 bridgehead atoms. The van der Waals surface area contributed by atoms with Crippen molar-refractivity contribution < 1.29 is 35.4 Å². The minimum Gasteiger partial charge on any atom is -0.381 e. The first-order valence-electron chi connectivity index (χ1n) is 7.28. The van der Waals surface area contributed by atoms with Crippen LogP contribution < -0.4 is 16.0 Å². The van der Waals surface area contributed by atoms with Crippen LogP contribution in [0.25, 0.3) is 0 Å². The molecule has 0 spiro atoms. The van der Waals surface area contributed by atoms with E-state index >= 15 is 0 Å². The average molecular weight is 490 g/mol. The fourth-order valence-electron chi connectivity index (χ4n) is 1.60. The van der Waals surface area contributed by atoms with E-state index in [2.05, 4.69) is 22.0 Å². The maximum absolute atomic E-state index is 11.7. The fraction of sp³-hybridized carbons (Fsp3) is 0.438. The van der Waals surface area contributed by atoms with Gasteiger partial charge in [0.1, 0.15) is 6.04 Å². The molecule has 23 heavy (non-hydrogen) atoms. The maximum atomic E-state index is 11.7. The number of benzene rings is 1. The number of rotatable bonds is 2. The molecule has 1 atom stereocenters. The van der Waals surface area contributed by atoms with Gasteiger partial charge in [-0.05, 0) is 20.5 Å². The quantitative estimate of drug-likeness (QED) is 0.425. The predicted octanol–water partition coefficient (Wildman–Crippen LogP) is 0.881. The van der Waals surface area contributed by atoms with Crippen molar-refractivity contribution in [1.29, 1.82) is 0 Å². The van der Waals surface area contributed by atoms with Crippen LogP contribution in [0.5, 0.6) is 0 Å². The van der Waals surface area contributed by atoms with Gasteiger partial charge < -0.3 is 15.4 Å². The fourth-order valence-corrected chi connectivity index (χ4v) is 1.60.